The molecule has 1 aliphatic rings. The van der Waals surface area contributed by atoms with E-state index in [-0.39, 0.29) is 12.8 Å². The van der Waals surface area contributed by atoms with Gasteiger partial charge in [0.05, 0.1) is 0 Å². The van der Waals surface area contributed by atoms with Crippen LogP contribution in [0.3, 0.4) is 0 Å². The van der Waals surface area contributed by atoms with Crippen molar-refractivity contribution in [3.8, 4) is 0 Å². The van der Waals surface area contributed by atoms with Crippen LogP contribution < -0.4 is 5.32 Å². The third-order valence-corrected chi connectivity index (χ3v) is 4.83. The number of unbranched alkanes of at least 4 members (excludes halogenated alkanes) is 3. The van der Waals surface area contributed by atoms with Gasteiger partial charge in [0.25, 0.3) is 0 Å². The van der Waals surface area contributed by atoms with Crippen LogP contribution in [-0.4, -0.2) is 29.0 Å². The Kier molecular flexibility index (Phi) is 9.22. The topological polar surface area (TPSA) is 62.2 Å². The summed E-state index contributed by atoms with van der Waals surface area (Å²) in [6, 6.07) is 4.25. The summed E-state index contributed by atoms with van der Waals surface area (Å²) in [7, 11) is 0. The number of fused-ring (bicyclic) bond motifs is 1. The third kappa shape index (κ3) is 8.50. The van der Waals surface area contributed by atoms with E-state index < -0.39 is 12.4 Å². The highest BCUT2D eigenvalue weighted by Crippen LogP contribution is 2.22. The Morgan fingerprint density at radius 2 is 2.07 bits per heavy atom. The average Bonchev–Trinajstić information content (AvgIpc) is 2.64. The molecule has 1 aliphatic heterocycles. The fraction of sp³-hybridized carbons (Fsp3) is 0.619. The number of aromatic nitrogens is 1. The number of nitrogens with one attached hydrogen (secondary N) is 1. The molecule has 0 aliphatic carbocycles. The van der Waals surface area contributed by atoms with E-state index in [4.69, 9.17) is 5.11 Å². The predicted octanol–water partition coefficient (Wildman–Crippen LogP) is 5.38. The zero-order valence-electron chi connectivity index (χ0n) is 15.9. The second-order valence-corrected chi connectivity index (χ2v) is 7.14. The van der Waals surface area contributed by atoms with Crippen molar-refractivity contribution in [3.63, 3.8) is 0 Å². The predicted molar refractivity (Wildman–Crippen MR) is 103 cm³/mol. The second-order valence-electron chi connectivity index (χ2n) is 7.14. The minimum Gasteiger partial charge on any atom is -0.481 e. The number of carboxylic acid groups (broad SMARTS) is 1. The first-order valence-electron chi connectivity index (χ1n) is 9.95. The standard InChI is InChI=1S/C21H30F2N2O2/c22-19(23)15-16(8-4-5-11-20(26)27)7-2-1-3-10-18-13-12-17-9-6-14-24-21(17)25-18/h8,12-13,19H,1-7,9-11,14-15H2,(H,24,25)(H,26,27)/b16-8-. The Morgan fingerprint density at radius 3 is 2.85 bits per heavy atom. The maximum atomic E-state index is 12.7. The highest BCUT2D eigenvalue weighted by Gasteiger charge is 2.10. The number of allylic oxidation sites excluding steroid dienone is 2. The normalized spacial score (nSPS) is 14.1. The van der Waals surface area contributed by atoms with Gasteiger partial charge in [0, 0.05) is 25.1 Å². The molecule has 1 aromatic heterocycles. The van der Waals surface area contributed by atoms with Gasteiger partial charge in [0.1, 0.15) is 5.82 Å². The van der Waals surface area contributed by atoms with Crippen LogP contribution in [0.15, 0.2) is 23.8 Å². The highest BCUT2D eigenvalue weighted by molar-refractivity contribution is 5.66. The lowest BCUT2D eigenvalue weighted by Crippen LogP contribution is -2.13. The molecule has 27 heavy (non-hydrogen) atoms. The number of aliphatic carboxylic acids is 1. The molecule has 1 aromatic rings. The van der Waals surface area contributed by atoms with Gasteiger partial charge >= 0.3 is 5.97 Å². The number of anilines is 1. The molecule has 2 heterocycles. The molecular formula is C21H30F2N2O2. The Labute approximate surface area is 160 Å². The van der Waals surface area contributed by atoms with Gasteiger partial charge in [0.2, 0.25) is 6.43 Å². The van der Waals surface area contributed by atoms with Crippen molar-refractivity contribution >= 4 is 11.8 Å². The smallest absolute Gasteiger partial charge is 0.303 e. The number of hydrogen-bond donors (Lipinski definition) is 2. The lowest BCUT2D eigenvalue weighted by molar-refractivity contribution is -0.137. The molecule has 0 amide bonds. The van der Waals surface area contributed by atoms with E-state index in [0.29, 0.717) is 19.3 Å². The molecule has 0 radical (unpaired) electrons. The fourth-order valence-corrected chi connectivity index (χ4v) is 3.39. The van der Waals surface area contributed by atoms with Gasteiger partial charge in [-0.25, -0.2) is 13.8 Å². The summed E-state index contributed by atoms with van der Waals surface area (Å²) >= 11 is 0. The monoisotopic (exact) mass is 380 g/mol. The van der Waals surface area contributed by atoms with E-state index in [9.17, 15) is 13.6 Å². The van der Waals surface area contributed by atoms with Gasteiger partial charge in [-0.05, 0) is 63.0 Å². The number of rotatable bonds is 12. The molecule has 0 atom stereocenters. The largest absolute Gasteiger partial charge is 0.481 e. The van der Waals surface area contributed by atoms with Crippen LogP contribution in [-0.2, 0) is 17.6 Å². The summed E-state index contributed by atoms with van der Waals surface area (Å²) in [5, 5.41) is 12.0. The lowest BCUT2D eigenvalue weighted by Gasteiger charge is -2.17. The zero-order chi connectivity index (χ0) is 19.5. The third-order valence-electron chi connectivity index (χ3n) is 4.83. The molecule has 2 N–H and O–H groups in total. The number of pyridine rings is 1. The van der Waals surface area contributed by atoms with E-state index in [0.717, 1.165) is 62.2 Å². The number of carboxylic acids is 1. The number of aryl methyl sites for hydroxylation is 2. The molecule has 0 unspecified atom stereocenters. The van der Waals surface area contributed by atoms with Crippen LogP contribution in [0.2, 0.25) is 0 Å². The summed E-state index contributed by atoms with van der Waals surface area (Å²) in [5.74, 6) is 0.173. The Bertz CT molecular complexity index is 633. The van der Waals surface area contributed by atoms with E-state index in [1.807, 2.05) is 6.08 Å². The number of halogens is 2. The molecule has 6 heteroatoms. The van der Waals surface area contributed by atoms with Crippen molar-refractivity contribution in [1.29, 1.82) is 0 Å². The van der Waals surface area contributed by atoms with E-state index in [1.54, 1.807) is 0 Å². The van der Waals surface area contributed by atoms with Crippen molar-refractivity contribution in [1.82, 2.24) is 4.98 Å². The highest BCUT2D eigenvalue weighted by atomic mass is 19.3. The maximum Gasteiger partial charge on any atom is 0.303 e. The van der Waals surface area contributed by atoms with Gasteiger partial charge in [-0.15, -0.1) is 0 Å². The first-order chi connectivity index (χ1) is 13.0. The summed E-state index contributed by atoms with van der Waals surface area (Å²) in [4.78, 5) is 15.2. The first-order valence-corrected chi connectivity index (χ1v) is 9.95. The van der Waals surface area contributed by atoms with Crippen molar-refractivity contribution in [2.45, 2.75) is 77.1 Å². The summed E-state index contributed by atoms with van der Waals surface area (Å²) < 4.78 is 25.4. The van der Waals surface area contributed by atoms with Gasteiger partial charge in [-0.2, -0.15) is 0 Å². The van der Waals surface area contributed by atoms with Crippen LogP contribution in [0.5, 0.6) is 0 Å². The van der Waals surface area contributed by atoms with Crippen molar-refractivity contribution in [3.05, 3.63) is 35.0 Å². The SMILES string of the molecule is O=C(O)CCC/C=C(/CCCCCc1ccc2c(n1)NCCC2)CC(F)F. The minimum atomic E-state index is -2.34. The molecule has 0 fully saturated rings. The second kappa shape index (κ2) is 11.7. The molecule has 150 valence electrons. The lowest BCUT2D eigenvalue weighted by atomic mass is 10.0. The number of nitrogens with zero attached hydrogens (tertiary/aromatic N) is 1. The van der Waals surface area contributed by atoms with Crippen molar-refractivity contribution in [2.75, 3.05) is 11.9 Å². The van der Waals surface area contributed by atoms with Crippen LogP contribution in [0.25, 0.3) is 0 Å². The molecule has 4 nitrogen and oxygen atoms in total. The molecule has 0 bridgehead atoms. The number of carbonyl (C=O) groups is 1. The Balaban J connectivity index is 1.69. The van der Waals surface area contributed by atoms with E-state index in [2.05, 4.69) is 22.4 Å². The van der Waals surface area contributed by atoms with E-state index in [1.165, 1.54) is 5.56 Å². The minimum absolute atomic E-state index is 0.0844. The van der Waals surface area contributed by atoms with Crippen molar-refractivity contribution in [2.24, 2.45) is 0 Å². The molecule has 0 saturated heterocycles. The average molecular weight is 380 g/mol. The van der Waals surface area contributed by atoms with Crippen LogP contribution in [0.1, 0.15) is 69.0 Å². The van der Waals surface area contributed by atoms with Crippen LogP contribution >= 0.6 is 0 Å². The fourth-order valence-electron chi connectivity index (χ4n) is 3.39. The molecule has 0 aromatic carbocycles. The Hall–Kier alpha value is -1.98. The summed E-state index contributed by atoms with van der Waals surface area (Å²) in [6.07, 6.45) is 7.05. The Morgan fingerprint density at radius 1 is 1.22 bits per heavy atom. The zero-order valence-corrected chi connectivity index (χ0v) is 15.9. The molecule has 2 rings (SSSR count). The first kappa shape index (κ1) is 21.3. The van der Waals surface area contributed by atoms with E-state index >= 15 is 0 Å². The van der Waals surface area contributed by atoms with Gasteiger partial charge in [-0.1, -0.05) is 24.1 Å². The van der Waals surface area contributed by atoms with Gasteiger partial charge in [0.15, 0.2) is 0 Å². The van der Waals surface area contributed by atoms with Crippen LogP contribution in [0.4, 0.5) is 14.6 Å². The summed E-state index contributed by atoms with van der Waals surface area (Å²) in [6.45, 7) is 0.981. The molecule has 0 saturated carbocycles. The quantitative estimate of drug-likeness (QED) is 0.377. The van der Waals surface area contributed by atoms with Crippen LogP contribution in [0, 0.1) is 0 Å². The molecule has 0 spiro atoms. The van der Waals surface area contributed by atoms with Gasteiger partial charge in [-0.3, -0.25) is 4.79 Å². The molecular weight excluding hydrogens is 350 g/mol. The number of alkyl halides is 2. The van der Waals surface area contributed by atoms with Gasteiger partial charge < -0.3 is 10.4 Å². The number of hydrogen-bond acceptors (Lipinski definition) is 3. The maximum absolute atomic E-state index is 12.7. The van der Waals surface area contributed by atoms with Crippen molar-refractivity contribution < 1.29 is 18.7 Å². The summed E-state index contributed by atoms with van der Waals surface area (Å²) in [5.41, 5.74) is 3.13.